The van der Waals surface area contributed by atoms with Gasteiger partial charge in [-0.25, -0.2) is 19.2 Å². The van der Waals surface area contributed by atoms with Crippen molar-refractivity contribution in [2.24, 2.45) is 5.73 Å². The lowest BCUT2D eigenvalue weighted by Gasteiger charge is -2.42. The van der Waals surface area contributed by atoms with Crippen LogP contribution < -0.4 is 21.7 Å². The van der Waals surface area contributed by atoms with Crippen molar-refractivity contribution in [2.45, 2.75) is 180 Å². The van der Waals surface area contributed by atoms with Gasteiger partial charge in [0.2, 0.25) is 5.91 Å². The molecule has 0 saturated carbocycles. The van der Waals surface area contributed by atoms with Crippen LogP contribution in [-0.4, -0.2) is 193 Å². The highest BCUT2D eigenvalue weighted by molar-refractivity contribution is 9.08. The number of likely N-dealkylation sites (tertiary alicyclic amines) is 1. The Labute approximate surface area is 723 Å². The molecule has 4 spiro atoms. The molecule has 628 valence electrons. The van der Waals surface area contributed by atoms with E-state index in [9.17, 15) is 47.9 Å². The number of nitrogens with one attached hydrogen (secondary N) is 3. The Kier molecular flexibility index (Phi) is 33.8. The number of hydrogen-bond acceptors (Lipinski definition) is 26. The number of nitrogens with two attached hydrogens (primary N) is 1. The molecule has 0 bridgehead atoms. The molecule has 0 unspecified atom stereocenters. The van der Waals surface area contributed by atoms with Crippen LogP contribution >= 0.6 is 31.9 Å². The highest BCUT2D eigenvalue weighted by Gasteiger charge is 2.61. The minimum atomic E-state index is -0.979. The van der Waals surface area contributed by atoms with Gasteiger partial charge in [-0.05, 0) is 185 Å². The van der Waals surface area contributed by atoms with Crippen molar-refractivity contribution in [2.75, 3.05) is 19.6 Å². The lowest BCUT2D eigenvalue weighted by molar-refractivity contribution is -0.140. The molecule has 122 heavy (non-hydrogen) atoms. The zero-order valence-corrected chi connectivity index (χ0v) is 70.1. The fourth-order valence-electron chi connectivity index (χ4n) is 15.7. The number of amides is 13. The molecule has 0 radical (unpaired) electrons. The average molecular weight is 1780 g/mol. The van der Waals surface area contributed by atoms with E-state index in [-0.39, 0.29) is 114 Å². The summed E-state index contributed by atoms with van der Waals surface area (Å²) in [5, 5.41) is 43.3. The second-order valence-corrected chi connectivity index (χ2v) is 31.0. The number of urea groups is 4. The van der Waals surface area contributed by atoms with Crippen molar-refractivity contribution in [3.8, 4) is 25.0 Å². The minimum absolute atomic E-state index is 0.00250. The number of nitriles is 4. The van der Waals surface area contributed by atoms with Gasteiger partial charge in [-0.3, -0.25) is 83.7 Å². The molecule has 41 heteroatoms. The Morgan fingerprint density at radius 2 is 0.820 bits per heavy atom. The lowest BCUT2D eigenvalue weighted by Crippen LogP contribution is -2.57. The molecule has 9 fully saturated rings. The van der Waals surface area contributed by atoms with Crippen LogP contribution in [0.5, 0.6) is 0 Å². The number of nitrogens with zero attached hydrogens (tertiary/aromatic N) is 17. The zero-order chi connectivity index (χ0) is 86.9. The van der Waals surface area contributed by atoms with E-state index in [0.29, 0.717) is 151 Å². The maximum atomic E-state index is 13.5. The third-order valence-corrected chi connectivity index (χ3v) is 23.5. The molecular weight excluding hydrogens is 1690 g/mol. The summed E-state index contributed by atoms with van der Waals surface area (Å²) in [7, 11) is 0. The zero-order valence-electron chi connectivity index (χ0n) is 66.9. The van der Waals surface area contributed by atoms with Crippen molar-refractivity contribution in [3.05, 3.63) is 211 Å². The predicted octanol–water partition coefficient (Wildman–Crippen LogP) is 9.02. The third-order valence-electron chi connectivity index (χ3n) is 22.3. The number of hydrogen-bond donors (Lipinski definition) is 4. The first-order valence-electron chi connectivity index (χ1n) is 39.8. The average Bonchev–Trinajstić information content (AvgIpc) is 1.58. The molecule has 13 amide bonds. The van der Waals surface area contributed by atoms with Crippen LogP contribution in [0, 0.1) is 46.1 Å². The van der Waals surface area contributed by atoms with Gasteiger partial charge in [0.05, 0.1) is 62.0 Å². The van der Waals surface area contributed by atoms with Gasteiger partial charge in [0.15, 0.2) is 0 Å². The monoisotopic (exact) mass is 1780 g/mol. The number of imide groups is 4. The summed E-state index contributed by atoms with van der Waals surface area (Å²) in [6.45, 7) is 1.24. The topological polar surface area (TPSA) is 475 Å². The van der Waals surface area contributed by atoms with E-state index >= 15 is 0 Å². The molecule has 16 rings (SSSR count). The first-order valence-corrected chi connectivity index (χ1v) is 42.0. The van der Waals surface area contributed by atoms with Gasteiger partial charge in [0.25, 0.3) is 48.6 Å². The summed E-state index contributed by atoms with van der Waals surface area (Å²) in [5.74, 6) is -0.764. The first-order chi connectivity index (χ1) is 59.2. The molecule has 16 heterocycles. The van der Waals surface area contributed by atoms with Crippen LogP contribution in [0.4, 0.5) is 19.2 Å². The third kappa shape index (κ3) is 23.9. The normalized spacial score (nSPS) is 18.0. The number of halogens is 2. The molecule has 0 aliphatic carbocycles. The molecular formula is C81H89B4Br2N21O14. The predicted molar refractivity (Wildman–Crippen MR) is 450 cm³/mol. The second kappa shape index (κ2) is 45.1. The fourth-order valence-corrected chi connectivity index (χ4v) is 16.4. The number of ketones is 1. The van der Waals surface area contributed by atoms with E-state index in [0.717, 1.165) is 27.5 Å². The molecule has 5 N–H and O–H groups in total. The highest BCUT2D eigenvalue weighted by atomic mass is 79.9. The summed E-state index contributed by atoms with van der Waals surface area (Å²) in [6, 6.07) is 32.0. The van der Waals surface area contributed by atoms with Gasteiger partial charge in [0, 0.05) is 98.6 Å². The van der Waals surface area contributed by atoms with Crippen LogP contribution in [0.25, 0.3) is 0 Å². The molecule has 7 aromatic heterocycles. The Hall–Kier alpha value is -12.7. The van der Waals surface area contributed by atoms with Gasteiger partial charge in [-0.1, -0.05) is 74.3 Å². The van der Waals surface area contributed by atoms with E-state index in [1.165, 1.54) is 20.3 Å². The molecule has 9 aliphatic rings. The molecule has 9 saturated heterocycles. The Balaban J connectivity index is 0.000000157. The van der Waals surface area contributed by atoms with E-state index in [2.05, 4.69) is 87.4 Å². The number of Topliss-reactive ketones (excluding diaryl/α,β-unsaturated/α-hetero) is 1. The Bertz CT molecular complexity index is 4830. The van der Waals surface area contributed by atoms with Gasteiger partial charge >= 0.3 is 51.8 Å². The van der Waals surface area contributed by atoms with Gasteiger partial charge in [-0.2, -0.15) is 21.0 Å². The van der Waals surface area contributed by atoms with Crippen molar-refractivity contribution >= 4 is 119 Å². The SMILES string of the molecule is BrCc1ccccn1.BrCc1cccnc1.N#COB1CCC(=O)CC1.N#COB1CCC2(CC1)C(=O)N(Cc1ccccn1)C(=O)N2Cc1cccnc1.N#COB1CCC2(CC1)NC(=O)N(Cc1ccccn1)C2=O.N#COB1CCC2(CC1)NC(=O)NC2=O.NCC(=O)N1CCC2(CC1)C(=O)N(Cc1ccccn1)C(=O)N2Cc1cccnc1. The summed E-state index contributed by atoms with van der Waals surface area (Å²) in [5.41, 5.74) is 7.97. The van der Waals surface area contributed by atoms with E-state index in [1.54, 1.807) is 138 Å². The number of carbonyl (C=O) groups excluding carboxylic acids is 10. The maximum absolute atomic E-state index is 13.5. The van der Waals surface area contributed by atoms with Gasteiger partial charge in [-0.15, -0.1) is 0 Å². The Morgan fingerprint density at radius 3 is 1.16 bits per heavy atom. The standard InChI is InChI=1S/C21H24N6O3.C20H20BN5O3.C14H15BN4O3.C8H10BN3O3.C6H8BNO2.2C6H6BrN/c22-12-18(28)25-10-6-21(7-11-25)19(29)26(15-17-5-1-2-9-24-17)20(30)27(21)14-16-4-3-8-23-13-16;22-15-29-21-8-6-20(7-9-21)18(27)25(14-17-5-1-2-11-24-17)19(28)26(20)13-16-4-3-10-23-12-16;16-10-22-15-6-4-14(5-7-15)12(20)19(13(21)18-14)9-11-3-1-2-8-17-11;10-5-15-9-3-1-8(2-4-9)6(13)11-7(14)12-8;8-5-10-7-3-1-6(9)2-4-7;7-4-6-2-1-3-8-5-6;7-5-6-3-1-2-4-8-6/h1-5,8-9,13H,6-7,10-12,14-15,22H2;1-5,10-12H,6-9,13-14H2;1-3,8H,4-7,9H2,(H,18,21);1-4H2,(H2,11,12,13,14);1-4H2;1-3,5H,4H2;1-4H,5H2. The van der Waals surface area contributed by atoms with Crippen LogP contribution in [0.15, 0.2) is 171 Å². The second-order valence-electron chi connectivity index (χ2n) is 29.9. The van der Waals surface area contributed by atoms with E-state index in [4.69, 9.17) is 40.7 Å². The number of carbonyl (C=O) groups is 10. The largest absolute Gasteiger partial charge is 0.498 e. The van der Waals surface area contributed by atoms with Crippen molar-refractivity contribution in [1.29, 1.82) is 21.0 Å². The number of alkyl halides is 2. The highest BCUT2D eigenvalue weighted by Crippen LogP contribution is 2.44. The quantitative estimate of drug-likeness (QED) is 0.0286. The minimum Gasteiger partial charge on any atom is -0.498 e. The van der Waals surface area contributed by atoms with Crippen molar-refractivity contribution in [3.63, 3.8) is 0 Å². The number of rotatable bonds is 17. The van der Waals surface area contributed by atoms with Crippen LogP contribution in [0.3, 0.4) is 0 Å². The van der Waals surface area contributed by atoms with Crippen molar-refractivity contribution in [1.82, 2.24) is 80.2 Å². The molecule has 0 atom stereocenters. The maximum Gasteiger partial charge on any atom is 0.374 e. The van der Waals surface area contributed by atoms with Crippen LogP contribution in [0.1, 0.15) is 104 Å². The molecule has 35 nitrogen and oxygen atoms in total. The van der Waals surface area contributed by atoms with E-state index in [1.807, 2.05) is 72.9 Å². The van der Waals surface area contributed by atoms with Crippen LogP contribution in [-0.2, 0) is 90.8 Å². The van der Waals surface area contributed by atoms with Crippen LogP contribution in [0.2, 0.25) is 50.6 Å². The molecule has 9 aliphatic heterocycles. The lowest BCUT2D eigenvalue weighted by atomic mass is 9.52. The summed E-state index contributed by atoms with van der Waals surface area (Å²) >= 11 is 6.61. The fraction of sp³-hybridized carbons (Fsp3) is 0.395. The molecule has 0 aromatic carbocycles. The van der Waals surface area contributed by atoms with Crippen molar-refractivity contribution < 1.29 is 66.6 Å². The van der Waals surface area contributed by atoms with Gasteiger partial charge in [0.1, 0.15) is 27.9 Å². The summed E-state index contributed by atoms with van der Waals surface area (Å²) in [4.78, 5) is 161. The molecule has 7 aromatic rings. The number of aromatic nitrogens is 7. The summed E-state index contributed by atoms with van der Waals surface area (Å²) in [6.07, 6.45) is 33.5. The number of piperidine rings is 1. The Morgan fingerprint density at radius 1 is 0.434 bits per heavy atom. The summed E-state index contributed by atoms with van der Waals surface area (Å²) < 4.78 is 19.5. The first kappa shape index (κ1) is 91.6. The number of pyridine rings is 7. The smallest absolute Gasteiger partial charge is 0.374 e. The van der Waals surface area contributed by atoms with Gasteiger partial charge < -0.3 is 49.7 Å². The van der Waals surface area contributed by atoms with E-state index < -0.39 is 28.2 Å².